The van der Waals surface area contributed by atoms with Gasteiger partial charge in [0, 0.05) is 49.7 Å². The van der Waals surface area contributed by atoms with Gasteiger partial charge in [0.05, 0.1) is 7.11 Å². The SMILES string of the molecule is COc1ccc2c(c1)c(CN1CCC(C(=O)NCCN3CCCC3)CC1)cn2C. The van der Waals surface area contributed by atoms with E-state index < -0.39 is 0 Å². The lowest BCUT2D eigenvalue weighted by Gasteiger charge is -2.31. The van der Waals surface area contributed by atoms with Gasteiger partial charge in [0.25, 0.3) is 0 Å². The number of aryl methyl sites for hydroxylation is 1. The van der Waals surface area contributed by atoms with E-state index in [9.17, 15) is 4.79 Å². The number of aromatic nitrogens is 1. The minimum absolute atomic E-state index is 0.164. The normalized spacial score (nSPS) is 19.1. The highest BCUT2D eigenvalue weighted by Crippen LogP contribution is 2.28. The average molecular weight is 399 g/mol. The van der Waals surface area contributed by atoms with Crippen LogP contribution < -0.4 is 10.1 Å². The molecule has 2 aromatic rings. The van der Waals surface area contributed by atoms with Crippen LogP contribution in [-0.4, -0.2) is 66.7 Å². The van der Waals surface area contributed by atoms with Gasteiger partial charge in [-0.05, 0) is 75.6 Å². The van der Waals surface area contributed by atoms with Crippen LogP contribution in [0.1, 0.15) is 31.2 Å². The first-order chi connectivity index (χ1) is 14.1. The van der Waals surface area contributed by atoms with Crippen LogP contribution in [0.25, 0.3) is 10.9 Å². The van der Waals surface area contributed by atoms with Gasteiger partial charge in [-0.25, -0.2) is 0 Å². The highest BCUT2D eigenvalue weighted by molar-refractivity contribution is 5.85. The number of hydrogen-bond acceptors (Lipinski definition) is 4. The number of nitrogens with one attached hydrogen (secondary N) is 1. The first-order valence-electron chi connectivity index (χ1n) is 11.0. The number of carbonyl (C=O) groups excluding carboxylic acids is 1. The summed E-state index contributed by atoms with van der Waals surface area (Å²) in [5.41, 5.74) is 2.56. The van der Waals surface area contributed by atoms with Gasteiger partial charge in [0.1, 0.15) is 5.75 Å². The summed E-state index contributed by atoms with van der Waals surface area (Å²) in [5.74, 6) is 1.31. The number of likely N-dealkylation sites (tertiary alicyclic amines) is 2. The van der Waals surface area contributed by atoms with Gasteiger partial charge in [-0.15, -0.1) is 0 Å². The van der Waals surface area contributed by atoms with Gasteiger partial charge in [-0.1, -0.05) is 0 Å². The topological polar surface area (TPSA) is 49.7 Å². The van der Waals surface area contributed by atoms with E-state index in [1.807, 2.05) is 6.07 Å². The molecule has 0 bridgehead atoms. The molecule has 2 saturated heterocycles. The zero-order valence-corrected chi connectivity index (χ0v) is 17.8. The monoisotopic (exact) mass is 398 g/mol. The minimum Gasteiger partial charge on any atom is -0.497 e. The van der Waals surface area contributed by atoms with E-state index in [-0.39, 0.29) is 11.8 Å². The Morgan fingerprint density at radius 2 is 1.90 bits per heavy atom. The summed E-state index contributed by atoms with van der Waals surface area (Å²) >= 11 is 0. The summed E-state index contributed by atoms with van der Waals surface area (Å²) in [6.07, 6.45) is 6.72. The molecule has 0 aliphatic carbocycles. The lowest BCUT2D eigenvalue weighted by molar-refractivity contribution is -0.126. The molecule has 0 unspecified atom stereocenters. The van der Waals surface area contributed by atoms with Crippen LogP contribution in [0.4, 0.5) is 0 Å². The smallest absolute Gasteiger partial charge is 0.223 e. The number of ether oxygens (including phenoxy) is 1. The molecule has 0 atom stereocenters. The standard InChI is InChI=1S/C23H34N4O2/c1-25-16-19(21-15-20(29-2)5-6-22(21)25)17-27-12-7-18(8-13-27)23(28)24-9-14-26-10-3-4-11-26/h5-6,15-16,18H,3-4,7-14,17H2,1-2H3,(H,24,28). The largest absolute Gasteiger partial charge is 0.497 e. The van der Waals surface area contributed by atoms with E-state index in [4.69, 9.17) is 4.74 Å². The molecule has 0 radical (unpaired) electrons. The summed E-state index contributed by atoms with van der Waals surface area (Å²) in [7, 11) is 3.81. The Bertz CT molecular complexity index is 833. The van der Waals surface area contributed by atoms with Crippen molar-refractivity contribution in [2.45, 2.75) is 32.2 Å². The third kappa shape index (κ3) is 4.75. The van der Waals surface area contributed by atoms with E-state index in [2.05, 4.69) is 45.1 Å². The van der Waals surface area contributed by atoms with Crippen LogP contribution >= 0.6 is 0 Å². The fraction of sp³-hybridized carbons (Fsp3) is 0.609. The van der Waals surface area contributed by atoms with Gasteiger partial charge in [0.15, 0.2) is 0 Å². The lowest BCUT2D eigenvalue weighted by Crippen LogP contribution is -2.42. The fourth-order valence-corrected chi connectivity index (χ4v) is 4.79. The zero-order chi connectivity index (χ0) is 20.2. The van der Waals surface area contributed by atoms with Crippen molar-refractivity contribution in [2.24, 2.45) is 13.0 Å². The molecule has 1 amide bonds. The number of piperidine rings is 1. The maximum absolute atomic E-state index is 12.5. The minimum atomic E-state index is 0.164. The Balaban J connectivity index is 1.27. The molecule has 6 heteroatoms. The predicted molar refractivity (Wildman–Crippen MR) is 116 cm³/mol. The van der Waals surface area contributed by atoms with Crippen molar-refractivity contribution in [1.82, 2.24) is 19.7 Å². The molecule has 1 N–H and O–H groups in total. The predicted octanol–water partition coefficient (Wildman–Crippen LogP) is 2.61. The molecular formula is C23H34N4O2. The maximum atomic E-state index is 12.5. The van der Waals surface area contributed by atoms with Crippen LogP contribution in [-0.2, 0) is 18.4 Å². The molecule has 2 fully saturated rings. The Morgan fingerprint density at radius 1 is 1.14 bits per heavy atom. The molecule has 29 heavy (non-hydrogen) atoms. The van der Waals surface area contributed by atoms with Crippen molar-refractivity contribution in [3.8, 4) is 5.75 Å². The first-order valence-corrected chi connectivity index (χ1v) is 11.0. The second-order valence-electron chi connectivity index (χ2n) is 8.54. The number of amides is 1. The number of fused-ring (bicyclic) bond motifs is 1. The van der Waals surface area contributed by atoms with Crippen molar-refractivity contribution >= 4 is 16.8 Å². The molecular weight excluding hydrogens is 364 g/mol. The average Bonchev–Trinajstić information content (AvgIpc) is 3.36. The summed E-state index contributed by atoms with van der Waals surface area (Å²) in [5, 5.41) is 4.43. The molecule has 4 rings (SSSR count). The van der Waals surface area contributed by atoms with Crippen molar-refractivity contribution in [3.63, 3.8) is 0 Å². The van der Waals surface area contributed by atoms with Crippen molar-refractivity contribution < 1.29 is 9.53 Å². The second-order valence-corrected chi connectivity index (χ2v) is 8.54. The van der Waals surface area contributed by atoms with Crippen LogP contribution in [0.3, 0.4) is 0 Å². The summed E-state index contributed by atoms with van der Waals surface area (Å²) in [4.78, 5) is 17.4. The molecule has 1 aromatic heterocycles. The molecule has 0 spiro atoms. The fourth-order valence-electron chi connectivity index (χ4n) is 4.79. The van der Waals surface area contributed by atoms with Crippen LogP contribution in [0.15, 0.2) is 24.4 Å². The second kappa shape index (κ2) is 9.18. The van der Waals surface area contributed by atoms with Gasteiger partial charge >= 0.3 is 0 Å². The third-order valence-electron chi connectivity index (χ3n) is 6.56. The number of hydrogen-bond donors (Lipinski definition) is 1. The molecule has 2 aliphatic heterocycles. The summed E-state index contributed by atoms with van der Waals surface area (Å²) < 4.78 is 7.60. The number of benzene rings is 1. The highest BCUT2D eigenvalue weighted by atomic mass is 16.5. The number of nitrogens with zero attached hydrogens (tertiary/aromatic N) is 3. The van der Waals surface area contributed by atoms with E-state index in [1.54, 1.807) is 7.11 Å². The Morgan fingerprint density at radius 3 is 2.62 bits per heavy atom. The van der Waals surface area contributed by atoms with Crippen molar-refractivity contribution in [1.29, 1.82) is 0 Å². The molecule has 3 heterocycles. The van der Waals surface area contributed by atoms with Gasteiger partial charge < -0.3 is 19.5 Å². The number of carbonyl (C=O) groups is 1. The molecule has 0 saturated carbocycles. The molecule has 158 valence electrons. The highest BCUT2D eigenvalue weighted by Gasteiger charge is 2.25. The summed E-state index contributed by atoms with van der Waals surface area (Å²) in [6, 6.07) is 6.27. The van der Waals surface area contributed by atoms with Gasteiger partial charge in [-0.2, -0.15) is 0 Å². The summed E-state index contributed by atoms with van der Waals surface area (Å²) in [6.45, 7) is 7.04. The van der Waals surface area contributed by atoms with Gasteiger partial charge in [0.2, 0.25) is 5.91 Å². The van der Waals surface area contributed by atoms with E-state index in [1.165, 1.54) is 42.4 Å². The quantitative estimate of drug-likeness (QED) is 0.779. The Kier molecular flexibility index (Phi) is 6.40. The maximum Gasteiger partial charge on any atom is 0.223 e. The number of methoxy groups -OCH3 is 1. The van der Waals surface area contributed by atoms with Crippen LogP contribution in [0.2, 0.25) is 0 Å². The van der Waals surface area contributed by atoms with Crippen molar-refractivity contribution in [3.05, 3.63) is 30.0 Å². The Labute approximate surface area is 173 Å². The Hall–Kier alpha value is -2.05. The van der Waals surface area contributed by atoms with Gasteiger partial charge in [-0.3, -0.25) is 9.69 Å². The van der Waals surface area contributed by atoms with E-state index in [0.717, 1.165) is 51.3 Å². The van der Waals surface area contributed by atoms with Crippen LogP contribution in [0.5, 0.6) is 5.75 Å². The van der Waals surface area contributed by atoms with E-state index in [0.29, 0.717) is 0 Å². The van der Waals surface area contributed by atoms with Crippen LogP contribution in [0, 0.1) is 5.92 Å². The first kappa shape index (κ1) is 20.2. The molecule has 6 nitrogen and oxygen atoms in total. The molecule has 2 aliphatic rings. The zero-order valence-electron chi connectivity index (χ0n) is 17.8. The third-order valence-corrected chi connectivity index (χ3v) is 6.56. The van der Waals surface area contributed by atoms with E-state index >= 15 is 0 Å². The number of rotatable bonds is 7. The lowest BCUT2D eigenvalue weighted by atomic mass is 9.95. The molecule has 1 aromatic carbocycles. The van der Waals surface area contributed by atoms with Crippen molar-refractivity contribution in [2.75, 3.05) is 46.4 Å².